The predicted molar refractivity (Wildman–Crippen MR) is 83.4 cm³/mol. The number of aromatic nitrogens is 3. The molecule has 2 atom stereocenters. The minimum Gasteiger partial charge on any atom is -0.308 e. The maximum absolute atomic E-state index is 6.11. The van der Waals surface area contributed by atoms with E-state index in [2.05, 4.69) is 21.5 Å². The molecule has 2 aromatic rings. The fraction of sp³-hybridized carbons (Fsp3) is 0.600. The van der Waals surface area contributed by atoms with Crippen molar-refractivity contribution in [3.63, 3.8) is 0 Å². The lowest BCUT2D eigenvalue weighted by molar-refractivity contribution is 0.334. The zero-order valence-corrected chi connectivity index (χ0v) is 13.2. The van der Waals surface area contributed by atoms with Crippen LogP contribution in [0.3, 0.4) is 0 Å². The minimum atomic E-state index is 0.414. The van der Waals surface area contributed by atoms with E-state index in [9.17, 15) is 0 Å². The molecule has 0 saturated heterocycles. The molecular weight excluding hydrogens is 293 g/mol. The van der Waals surface area contributed by atoms with Crippen LogP contribution in [0.5, 0.6) is 0 Å². The lowest BCUT2D eigenvalue weighted by Crippen LogP contribution is -2.18. The highest BCUT2D eigenvalue weighted by molar-refractivity contribution is 6.31. The van der Waals surface area contributed by atoms with Crippen LogP contribution in [-0.2, 0) is 5.88 Å². The van der Waals surface area contributed by atoms with Gasteiger partial charge < -0.3 is 4.57 Å². The van der Waals surface area contributed by atoms with Gasteiger partial charge >= 0.3 is 0 Å². The molecule has 2 aromatic heterocycles. The van der Waals surface area contributed by atoms with E-state index in [1.165, 1.54) is 32.1 Å². The highest BCUT2D eigenvalue weighted by atomic mass is 35.5. The first-order valence-corrected chi connectivity index (χ1v) is 8.20. The molecule has 0 spiro atoms. The summed E-state index contributed by atoms with van der Waals surface area (Å²) in [7, 11) is 0. The van der Waals surface area contributed by atoms with Crippen LogP contribution in [0.1, 0.15) is 50.9 Å². The maximum Gasteiger partial charge on any atom is 0.160 e. The second kappa shape index (κ2) is 5.90. The van der Waals surface area contributed by atoms with E-state index in [-0.39, 0.29) is 0 Å². The third-order valence-corrected chi connectivity index (χ3v) is 4.78. The van der Waals surface area contributed by atoms with E-state index in [0.717, 1.165) is 17.0 Å². The summed E-state index contributed by atoms with van der Waals surface area (Å²) in [5, 5.41) is 0.622. The molecular formula is C15H19Cl2N3. The predicted octanol–water partition coefficient (Wildman–Crippen LogP) is 4.96. The second-order valence-electron chi connectivity index (χ2n) is 5.71. The summed E-state index contributed by atoms with van der Waals surface area (Å²) in [4.78, 5) is 9.12. The minimum absolute atomic E-state index is 0.414. The molecule has 2 unspecified atom stereocenters. The van der Waals surface area contributed by atoms with Crippen LogP contribution in [0.25, 0.3) is 11.2 Å². The Bertz CT molecular complexity index is 608. The molecule has 0 aromatic carbocycles. The summed E-state index contributed by atoms with van der Waals surface area (Å²) in [6.07, 6.45) is 8.05. The van der Waals surface area contributed by atoms with Crippen LogP contribution in [0.4, 0.5) is 0 Å². The Balaban J connectivity index is 2.12. The van der Waals surface area contributed by atoms with Gasteiger partial charge in [-0.2, -0.15) is 0 Å². The topological polar surface area (TPSA) is 30.7 Å². The van der Waals surface area contributed by atoms with Crippen molar-refractivity contribution in [2.75, 3.05) is 0 Å². The molecule has 0 aliphatic heterocycles. The number of halogens is 2. The van der Waals surface area contributed by atoms with Gasteiger partial charge in [0.15, 0.2) is 5.65 Å². The second-order valence-corrected chi connectivity index (χ2v) is 6.41. The Morgan fingerprint density at radius 3 is 2.90 bits per heavy atom. The first kappa shape index (κ1) is 14.2. The number of alkyl halides is 1. The van der Waals surface area contributed by atoms with Crippen LogP contribution in [0, 0.1) is 5.92 Å². The Labute approximate surface area is 129 Å². The fourth-order valence-electron chi connectivity index (χ4n) is 3.30. The van der Waals surface area contributed by atoms with Crippen molar-refractivity contribution in [2.24, 2.45) is 5.92 Å². The Hall–Kier alpha value is -0.800. The highest BCUT2D eigenvalue weighted by Gasteiger charge is 2.26. The fourth-order valence-corrected chi connectivity index (χ4v) is 3.64. The Morgan fingerprint density at radius 2 is 2.10 bits per heavy atom. The molecule has 20 heavy (non-hydrogen) atoms. The lowest BCUT2D eigenvalue weighted by atomic mass is 9.96. The lowest BCUT2D eigenvalue weighted by Gasteiger charge is -2.25. The number of hydrogen-bond donors (Lipinski definition) is 0. The number of pyridine rings is 1. The number of rotatable bonds is 2. The van der Waals surface area contributed by atoms with Gasteiger partial charge in [0.05, 0.1) is 10.9 Å². The van der Waals surface area contributed by atoms with Crippen molar-refractivity contribution in [2.45, 2.75) is 50.9 Å². The molecule has 3 nitrogen and oxygen atoms in total. The van der Waals surface area contributed by atoms with E-state index in [4.69, 9.17) is 23.2 Å². The van der Waals surface area contributed by atoms with E-state index < -0.39 is 0 Å². The summed E-state index contributed by atoms with van der Waals surface area (Å²) < 4.78 is 2.26. The summed E-state index contributed by atoms with van der Waals surface area (Å²) in [6, 6.07) is 2.32. The van der Waals surface area contributed by atoms with Gasteiger partial charge in [0.2, 0.25) is 0 Å². The van der Waals surface area contributed by atoms with Crippen LogP contribution in [-0.4, -0.2) is 14.5 Å². The van der Waals surface area contributed by atoms with Crippen LogP contribution < -0.4 is 0 Å². The Kier molecular flexibility index (Phi) is 4.18. The van der Waals surface area contributed by atoms with Gasteiger partial charge in [-0.25, -0.2) is 9.97 Å². The van der Waals surface area contributed by atoms with Gasteiger partial charge in [-0.05, 0) is 24.8 Å². The van der Waals surface area contributed by atoms with Crippen LogP contribution >= 0.6 is 23.2 Å². The highest BCUT2D eigenvalue weighted by Crippen LogP contribution is 2.35. The molecule has 2 heterocycles. The van der Waals surface area contributed by atoms with Crippen LogP contribution in [0.15, 0.2) is 12.3 Å². The zero-order valence-electron chi connectivity index (χ0n) is 11.6. The molecule has 0 N–H and O–H groups in total. The SMILES string of the molecule is CC1CCCCCC1n1c(CCl)nc2cc(Cl)cnc21. The average molecular weight is 312 g/mol. The summed E-state index contributed by atoms with van der Waals surface area (Å²) in [5.41, 5.74) is 1.77. The first-order valence-electron chi connectivity index (χ1n) is 7.29. The average Bonchev–Trinajstić information content (AvgIpc) is 2.66. The number of fused-ring (bicyclic) bond motifs is 1. The third-order valence-electron chi connectivity index (χ3n) is 4.34. The van der Waals surface area contributed by atoms with Crippen LogP contribution in [0.2, 0.25) is 5.02 Å². The van der Waals surface area contributed by atoms with Crippen molar-refractivity contribution < 1.29 is 0 Å². The van der Waals surface area contributed by atoms with Gasteiger partial charge in [-0.3, -0.25) is 0 Å². The van der Waals surface area contributed by atoms with E-state index in [1.54, 1.807) is 6.20 Å². The van der Waals surface area contributed by atoms with Gasteiger partial charge in [0, 0.05) is 12.2 Å². The van der Waals surface area contributed by atoms with E-state index in [1.807, 2.05) is 6.07 Å². The zero-order chi connectivity index (χ0) is 14.1. The van der Waals surface area contributed by atoms with Gasteiger partial charge in [-0.15, -0.1) is 11.6 Å². The van der Waals surface area contributed by atoms with E-state index >= 15 is 0 Å². The van der Waals surface area contributed by atoms with E-state index in [0.29, 0.717) is 22.9 Å². The first-order chi connectivity index (χ1) is 9.70. The monoisotopic (exact) mass is 311 g/mol. The number of nitrogens with zero attached hydrogens (tertiary/aromatic N) is 3. The van der Waals surface area contributed by atoms with Crippen molar-refractivity contribution in [1.82, 2.24) is 14.5 Å². The molecule has 1 aliphatic carbocycles. The quantitative estimate of drug-likeness (QED) is 0.579. The maximum atomic E-state index is 6.11. The molecule has 0 radical (unpaired) electrons. The van der Waals surface area contributed by atoms with Crippen molar-refractivity contribution in [3.05, 3.63) is 23.1 Å². The van der Waals surface area contributed by atoms with Crippen molar-refractivity contribution in [3.8, 4) is 0 Å². The number of imidazole rings is 1. The summed E-state index contributed by atoms with van der Waals surface area (Å²) in [6.45, 7) is 2.33. The molecule has 3 rings (SSSR count). The largest absolute Gasteiger partial charge is 0.308 e. The van der Waals surface area contributed by atoms with Crippen molar-refractivity contribution in [1.29, 1.82) is 0 Å². The molecule has 0 amide bonds. The van der Waals surface area contributed by atoms with Gasteiger partial charge in [0.25, 0.3) is 0 Å². The molecule has 0 bridgehead atoms. The normalized spacial score (nSPS) is 23.9. The number of hydrogen-bond acceptors (Lipinski definition) is 2. The Morgan fingerprint density at radius 1 is 1.30 bits per heavy atom. The summed E-state index contributed by atoms with van der Waals surface area (Å²) >= 11 is 12.1. The standard InChI is InChI=1S/C15H19Cl2N3/c1-10-5-3-2-4-6-13(10)20-14(8-16)19-12-7-11(17)9-18-15(12)20/h7,9-10,13H,2-6,8H2,1H3. The van der Waals surface area contributed by atoms with Gasteiger partial charge in [0.1, 0.15) is 11.3 Å². The third kappa shape index (κ3) is 2.53. The van der Waals surface area contributed by atoms with Gasteiger partial charge in [-0.1, -0.05) is 37.8 Å². The summed E-state index contributed by atoms with van der Waals surface area (Å²) in [5.74, 6) is 1.96. The molecule has 1 fully saturated rings. The smallest absolute Gasteiger partial charge is 0.160 e. The molecule has 1 saturated carbocycles. The molecule has 108 valence electrons. The van der Waals surface area contributed by atoms with Crippen molar-refractivity contribution >= 4 is 34.4 Å². The molecule has 5 heteroatoms. The molecule has 1 aliphatic rings.